The maximum absolute atomic E-state index is 13.8. The number of nitrogens with zero attached hydrogens (tertiary/aromatic N) is 1. The normalized spacial score (nSPS) is 11.9. The Kier molecular flexibility index (Phi) is 8.99. The van der Waals surface area contributed by atoms with Crippen LogP contribution in [0.2, 0.25) is 0 Å². The minimum Gasteiger partial charge on any atom is -0.349 e. The van der Waals surface area contributed by atoms with Crippen molar-refractivity contribution in [3.63, 3.8) is 0 Å². The molecular formula is C29H33N3O4S. The summed E-state index contributed by atoms with van der Waals surface area (Å²) in [5, 5.41) is 7.53. The number of thiophene rings is 1. The molecule has 0 aliphatic heterocycles. The minimum atomic E-state index is -0.999. The predicted molar refractivity (Wildman–Crippen MR) is 147 cm³/mol. The molecule has 0 radical (unpaired) electrons. The first-order valence-electron chi connectivity index (χ1n) is 12.2. The second-order valence-electron chi connectivity index (χ2n) is 9.57. The number of hydrogen-bond acceptors (Lipinski definition) is 5. The van der Waals surface area contributed by atoms with E-state index in [-0.39, 0.29) is 24.1 Å². The number of hydrogen-bond donors (Lipinski definition) is 2. The third-order valence-electron chi connectivity index (χ3n) is 6.21. The molecule has 2 aromatic carbocycles. The Morgan fingerprint density at radius 2 is 1.62 bits per heavy atom. The second kappa shape index (κ2) is 12.0. The van der Waals surface area contributed by atoms with Crippen molar-refractivity contribution in [1.29, 1.82) is 0 Å². The van der Waals surface area contributed by atoms with E-state index >= 15 is 0 Å². The van der Waals surface area contributed by atoms with Crippen molar-refractivity contribution in [3.8, 4) is 0 Å². The van der Waals surface area contributed by atoms with Gasteiger partial charge in [0.1, 0.15) is 6.04 Å². The fourth-order valence-corrected chi connectivity index (χ4v) is 4.33. The van der Waals surface area contributed by atoms with Crippen molar-refractivity contribution in [3.05, 3.63) is 87.6 Å². The van der Waals surface area contributed by atoms with E-state index in [0.29, 0.717) is 28.1 Å². The number of carbonyl (C=O) groups excluding carboxylic acids is 4. The lowest BCUT2D eigenvalue weighted by Crippen LogP contribution is -2.52. The third-order valence-corrected chi connectivity index (χ3v) is 7.08. The molecule has 0 saturated heterocycles. The molecule has 0 spiro atoms. The van der Waals surface area contributed by atoms with Gasteiger partial charge in [-0.2, -0.15) is 0 Å². The van der Waals surface area contributed by atoms with Gasteiger partial charge in [-0.05, 0) is 75.4 Å². The number of rotatable bonds is 10. The van der Waals surface area contributed by atoms with Crippen molar-refractivity contribution in [2.45, 2.75) is 52.6 Å². The van der Waals surface area contributed by atoms with Gasteiger partial charge in [-0.1, -0.05) is 42.8 Å². The number of anilines is 1. The minimum absolute atomic E-state index is 0.106. The highest BCUT2D eigenvalue weighted by Gasteiger charge is 2.35. The van der Waals surface area contributed by atoms with Gasteiger partial charge in [0, 0.05) is 16.8 Å². The maximum atomic E-state index is 13.8. The van der Waals surface area contributed by atoms with Crippen LogP contribution in [0.15, 0.2) is 66.0 Å². The zero-order valence-corrected chi connectivity index (χ0v) is 22.6. The van der Waals surface area contributed by atoms with E-state index in [1.807, 2.05) is 52.0 Å². The first-order valence-corrected chi connectivity index (χ1v) is 13.0. The van der Waals surface area contributed by atoms with Gasteiger partial charge in [-0.15, -0.1) is 11.3 Å². The van der Waals surface area contributed by atoms with Crippen molar-refractivity contribution in [1.82, 2.24) is 10.6 Å². The van der Waals surface area contributed by atoms with Crippen LogP contribution in [0, 0.1) is 6.92 Å². The predicted octanol–water partition coefficient (Wildman–Crippen LogP) is 5.07. The molecule has 3 amide bonds. The molecule has 0 unspecified atom stereocenters. The summed E-state index contributed by atoms with van der Waals surface area (Å²) in [6.07, 6.45) is 0.692. The first kappa shape index (κ1) is 27.8. The molecule has 194 valence electrons. The van der Waals surface area contributed by atoms with E-state index in [0.717, 1.165) is 5.56 Å². The van der Waals surface area contributed by atoms with Crippen LogP contribution in [0.4, 0.5) is 5.69 Å². The maximum Gasteiger partial charge on any atom is 0.261 e. The summed E-state index contributed by atoms with van der Waals surface area (Å²) in [6.45, 7) is 8.93. The summed E-state index contributed by atoms with van der Waals surface area (Å²) in [5.41, 5.74) is 2.08. The van der Waals surface area contributed by atoms with Gasteiger partial charge >= 0.3 is 0 Å². The highest BCUT2D eigenvalue weighted by atomic mass is 32.1. The Morgan fingerprint density at radius 1 is 0.973 bits per heavy atom. The monoisotopic (exact) mass is 519 g/mol. The molecule has 8 heteroatoms. The summed E-state index contributed by atoms with van der Waals surface area (Å²) < 4.78 is 0. The van der Waals surface area contributed by atoms with Crippen molar-refractivity contribution in [2.24, 2.45) is 0 Å². The molecule has 3 aromatic rings. The molecule has 0 aliphatic carbocycles. The molecule has 0 bridgehead atoms. The average Bonchev–Trinajstić information content (AvgIpc) is 3.41. The fraction of sp³-hybridized carbons (Fsp3) is 0.310. The number of benzene rings is 2. The second-order valence-corrected chi connectivity index (χ2v) is 10.5. The molecule has 7 nitrogen and oxygen atoms in total. The van der Waals surface area contributed by atoms with Gasteiger partial charge in [0.2, 0.25) is 11.8 Å². The summed E-state index contributed by atoms with van der Waals surface area (Å²) in [5.74, 6) is -1.27. The average molecular weight is 520 g/mol. The van der Waals surface area contributed by atoms with E-state index < -0.39 is 17.5 Å². The summed E-state index contributed by atoms with van der Waals surface area (Å²) >= 11 is 1.28. The highest BCUT2D eigenvalue weighted by molar-refractivity contribution is 7.12. The molecule has 0 fully saturated rings. The van der Waals surface area contributed by atoms with Crippen LogP contribution in [0.25, 0.3) is 0 Å². The Bertz CT molecular complexity index is 1250. The van der Waals surface area contributed by atoms with Gasteiger partial charge < -0.3 is 10.6 Å². The molecule has 1 heterocycles. The molecule has 37 heavy (non-hydrogen) atoms. The Hall–Kier alpha value is -3.78. The van der Waals surface area contributed by atoms with Crippen molar-refractivity contribution >= 4 is 40.5 Å². The number of Topliss-reactive ketones (excluding diaryl/α,β-unsaturated/α-hetero) is 1. The standard InChI is InChI=1S/C29H33N3O4S/c1-6-29(4,5)31-28(36)26(22-11-9-19(2)10-12-22)32(23-15-13-21(14-16-23)20(3)33)25(34)18-30-27(35)24-8-7-17-37-24/h7-17,26H,6,18H2,1-5H3,(H,30,35)(H,31,36)/t26-/m0/s1. The summed E-state index contributed by atoms with van der Waals surface area (Å²) in [6, 6.07) is 16.4. The number of nitrogens with one attached hydrogen (secondary N) is 2. The van der Waals surface area contributed by atoms with Gasteiger partial charge in [0.05, 0.1) is 11.4 Å². The first-order chi connectivity index (χ1) is 17.5. The van der Waals surface area contributed by atoms with Crippen LogP contribution in [0.1, 0.15) is 71.3 Å². The van der Waals surface area contributed by atoms with Gasteiger partial charge in [-0.3, -0.25) is 24.1 Å². The Labute approximate surface area is 221 Å². The van der Waals surface area contributed by atoms with Gasteiger partial charge in [0.25, 0.3) is 5.91 Å². The topological polar surface area (TPSA) is 95.6 Å². The number of amides is 3. The lowest BCUT2D eigenvalue weighted by Gasteiger charge is -2.34. The van der Waals surface area contributed by atoms with Crippen LogP contribution in [0.3, 0.4) is 0 Å². The summed E-state index contributed by atoms with van der Waals surface area (Å²) in [4.78, 5) is 53.8. The molecule has 3 rings (SSSR count). The quantitative estimate of drug-likeness (QED) is 0.366. The van der Waals surface area contributed by atoms with Gasteiger partial charge in [0.15, 0.2) is 5.78 Å². The molecule has 0 saturated carbocycles. The van der Waals surface area contributed by atoms with E-state index in [9.17, 15) is 19.2 Å². The van der Waals surface area contributed by atoms with E-state index in [1.54, 1.807) is 41.8 Å². The fourth-order valence-electron chi connectivity index (χ4n) is 3.69. The number of carbonyl (C=O) groups is 4. The van der Waals surface area contributed by atoms with Crippen molar-refractivity contribution < 1.29 is 19.2 Å². The number of ketones is 1. The zero-order chi connectivity index (χ0) is 27.2. The van der Waals surface area contributed by atoms with Crippen molar-refractivity contribution in [2.75, 3.05) is 11.4 Å². The molecule has 1 atom stereocenters. The lowest BCUT2D eigenvalue weighted by molar-refractivity contribution is -0.127. The SMILES string of the molecule is CCC(C)(C)NC(=O)[C@H](c1ccc(C)cc1)N(C(=O)CNC(=O)c1cccs1)c1ccc(C(C)=O)cc1. The summed E-state index contributed by atoms with van der Waals surface area (Å²) in [7, 11) is 0. The Balaban J connectivity index is 2.05. The highest BCUT2D eigenvalue weighted by Crippen LogP contribution is 2.30. The van der Waals surface area contributed by atoms with Gasteiger partial charge in [-0.25, -0.2) is 0 Å². The van der Waals surface area contributed by atoms with Crippen LogP contribution >= 0.6 is 11.3 Å². The van der Waals surface area contributed by atoms with E-state index in [1.165, 1.54) is 23.2 Å². The third kappa shape index (κ3) is 7.13. The zero-order valence-electron chi connectivity index (χ0n) is 21.8. The van der Waals surface area contributed by atoms with E-state index in [4.69, 9.17) is 0 Å². The van der Waals surface area contributed by atoms with E-state index in [2.05, 4.69) is 10.6 Å². The Morgan fingerprint density at radius 3 is 2.16 bits per heavy atom. The largest absolute Gasteiger partial charge is 0.349 e. The lowest BCUT2D eigenvalue weighted by atomic mass is 9.97. The van der Waals surface area contributed by atoms with Crippen LogP contribution in [-0.4, -0.2) is 35.6 Å². The molecule has 0 aliphatic rings. The molecule has 2 N–H and O–H groups in total. The molecular weight excluding hydrogens is 486 g/mol. The smallest absolute Gasteiger partial charge is 0.261 e. The van der Waals surface area contributed by atoms with Crippen LogP contribution in [-0.2, 0) is 9.59 Å². The van der Waals surface area contributed by atoms with Crippen LogP contribution < -0.4 is 15.5 Å². The molecule has 1 aromatic heterocycles. The number of aryl methyl sites for hydroxylation is 1. The van der Waals surface area contributed by atoms with Crippen LogP contribution in [0.5, 0.6) is 0 Å².